The summed E-state index contributed by atoms with van der Waals surface area (Å²) in [6, 6.07) is 3.40. The molecule has 3 heterocycles. The summed E-state index contributed by atoms with van der Waals surface area (Å²) in [7, 11) is 0. The lowest BCUT2D eigenvalue weighted by molar-refractivity contribution is -0.900. The minimum absolute atomic E-state index is 0. The number of anilines is 1. The van der Waals surface area contributed by atoms with Crippen LogP contribution in [0.3, 0.4) is 0 Å². The number of aromatic nitrogens is 1. The fourth-order valence-electron chi connectivity index (χ4n) is 7.28. The molecule has 4 aliphatic rings. The van der Waals surface area contributed by atoms with Gasteiger partial charge in [-0.25, -0.2) is 14.3 Å². The molecule has 212 valence electrons. The summed E-state index contributed by atoms with van der Waals surface area (Å²) in [6.07, 6.45) is 9.41. The van der Waals surface area contributed by atoms with E-state index in [9.17, 15) is 9.59 Å². The Morgan fingerprint density at radius 1 is 1.18 bits per heavy atom. The Kier molecular flexibility index (Phi) is 10.1. The van der Waals surface area contributed by atoms with Gasteiger partial charge in [0.1, 0.15) is 24.2 Å². The van der Waals surface area contributed by atoms with Gasteiger partial charge in [-0.1, -0.05) is 32.1 Å². The van der Waals surface area contributed by atoms with Crippen LogP contribution in [0.5, 0.6) is 0 Å². The zero-order valence-corrected chi connectivity index (χ0v) is 24.0. The third-order valence-electron chi connectivity index (χ3n) is 9.29. The second kappa shape index (κ2) is 12.5. The van der Waals surface area contributed by atoms with Gasteiger partial charge in [0, 0.05) is 30.1 Å². The minimum Gasteiger partial charge on any atom is -0.384 e. The van der Waals surface area contributed by atoms with Crippen molar-refractivity contribution in [3.63, 3.8) is 0 Å². The Balaban J connectivity index is 0.00000200. The number of rotatable bonds is 9. The zero-order valence-electron chi connectivity index (χ0n) is 22.4. The Bertz CT molecular complexity index is 1050. The number of amides is 2. The maximum atomic E-state index is 14.8. The van der Waals surface area contributed by atoms with Gasteiger partial charge in [0.2, 0.25) is 0 Å². The standard InChI is InChI=1S/C27H41N7O2.2ClH/c1-18-20(9-10-23(28)33-18)17-34(13-5-8-21-15-27(21,34)26(29)36)25(35)22(14-19-6-3-2-4-7-19)32-16-24-30-11-12-31-24;;/h9-10,19,21-22,32H,2-8,11-17H2,1H3,(H4-,28,29,30,31,33,36);2*1H/p+1/t21-,22-,27+,34?;;/m1../s1. The predicted octanol–water partition coefficient (Wildman–Crippen LogP) is 2.63. The highest BCUT2D eigenvalue weighted by molar-refractivity contribution is 5.91. The van der Waals surface area contributed by atoms with E-state index in [1.54, 1.807) is 6.07 Å². The van der Waals surface area contributed by atoms with Crippen LogP contribution in [0.2, 0.25) is 0 Å². The highest BCUT2D eigenvalue weighted by Gasteiger charge is 2.76. The molecule has 1 unspecified atom stereocenters. The molecule has 0 spiro atoms. The summed E-state index contributed by atoms with van der Waals surface area (Å²) in [5.74, 6) is 1.84. The molecule has 0 aromatic carbocycles. The van der Waals surface area contributed by atoms with Gasteiger partial charge in [0.15, 0.2) is 5.54 Å². The fraction of sp³-hybridized carbons (Fsp3) is 0.704. The largest absolute Gasteiger partial charge is 0.384 e. The smallest absolute Gasteiger partial charge is 0.331 e. The number of aliphatic imine (C=N–C) groups is 1. The second-order valence-corrected chi connectivity index (χ2v) is 11.4. The van der Waals surface area contributed by atoms with E-state index in [0.717, 1.165) is 62.3 Å². The molecule has 38 heavy (non-hydrogen) atoms. The molecule has 0 bridgehead atoms. The number of primary amides is 1. The lowest BCUT2D eigenvalue weighted by atomic mass is 9.83. The number of hydrogen-bond donors (Lipinski definition) is 4. The van der Waals surface area contributed by atoms with Crippen LogP contribution in [0, 0.1) is 18.8 Å². The van der Waals surface area contributed by atoms with Crippen molar-refractivity contribution in [1.82, 2.24) is 15.6 Å². The molecule has 5 rings (SSSR count). The molecular formula is C27H44Cl2N7O2+. The van der Waals surface area contributed by atoms with E-state index in [-0.39, 0.29) is 53.1 Å². The first-order chi connectivity index (χ1) is 17.4. The highest BCUT2D eigenvalue weighted by atomic mass is 35.5. The number of nitrogens with one attached hydrogen (secondary N) is 2. The van der Waals surface area contributed by atoms with E-state index in [4.69, 9.17) is 11.5 Å². The van der Waals surface area contributed by atoms with Gasteiger partial charge in [-0.05, 0) is 44.2 Å². The number of nitrogen functional groups attached to an aromatic ring is 1. The van der Waals surface area contributed by atoms with E-state index in [1.165, 1.54) is 19.3 Å². The molecule has 2 aliphatic carbocycles. The molecular weight excluding hydrogens is 525 g/mol. The van der Waals surface area contributed by atoms with Gasteiger partial charge in [-0.2, -0.15) is 0 Å². The van der Waals surface area contributed by atoms with Crippen molar-refractivity contribution in [3.8, 4) is 0 Å². The van der Waals surface area contributed by atoms with Gasteiger partial charge in [-0.3, -0.25) is 15.1 Å². The number of hydrogen-bond acceptors (Lipinski definition) is 7. The van der Waals surface area contributed by atoms with Gasteiger partial charge < -0.3 is 16.8 Å². The van der Waals surface area contributed by atoms with Crippen LogP contribution >= 0.6 is 24.8 Å². The summed E-state index contributed by atoms with van der Waals surface area (Å²) in [4.78, 5) is 36.9. The van der Waals surface area contributed by atoms with Gasteiger partial charge in [-0.15, -0.1) is 24.8 Å². The van der Waals surface area contributed by atoms with Crippen molar-refractivity contribution in [2.75, 3.05) is 31.9 Å². The number of carbonyl (C=O) groups is 2. The summed E-state index contributed by atoms with van der Waals surface area (Å²) >= 11 is 0. The van der Waals surface area contributed by atoms with Crippen LogP contribution in [-0.4, -0.2) is 64.9 Å². The van der Waals surface area contributed by atoms with Crippen LogP contribution in [0.15, 0.2) is 17.1 Å². The van der Waals surface area contributed by atoms with Crippen molar-refractivity contribution in [1.29, 1.82) is 0 Å². The molecule has 9 nitrogen and oxygen atoms in total. The Morgan fingerprint density at radius 3 is 2.61 bits per heavy atom. The fourth-order valence-corrected chi connectivity index (χ4v) is 7.28. The predicted molar refractivity (Wildman–Crippen MR) is 154 cm³/mol. The number of likely N-dealkylation sites (tertiary alicyclic amines) is 1. The van der Waals surface area contributed by atoms with E-state index in [2.05, 4.69) is 20.6 Å². The topological polar surface area (TPSA) is 135 Å². The van der Waals surface area contributed by atoms with E-state index in [0.29, 0.717) is 37.8 Å². The zero-order chi connectivity index (χ0) is 25.3. The minimum atomic E-state index is -0.821. The van der Waals surface area contributed by atoms with Crippen molar-refractivity contribution in [2.45, 2.75) is 82.8 Å². The number of fused-ring (bicyclic) bond motifs is 1. The molecule has 2 saturated carbocycles. The number of aryl methyl sites for hydroxylation is 1. The van der Waals surface area contributed by atoms with Crippen LogP contribution in [0.4, 0.5) is 5.82 Å². The Morgan fingerprint density at radius 2 is 1.95 bits per heavy atom. The van der Waals surface area contributed by atoms with E-state index in [1.807, 2.05) is 13.0 Å². The highest BCUT2D eigenvalue weighted by Crippen LogP contribution is 2.59. The first-order valence-electron chi connectivity index (χ1n) is 13.8. The molecule has 2 amide bonds. The maximum Gasteiger partial charge on any atom is 0.331 e. The number of quaternary nitrogens is 1. The molecule has 2 aliphatic heterocycles. The van der Waals surface area contributed by atoms with Gasteiger partial charge in [0.05, 0.1) is 19.6 Å². The molecule has 3 fully saturated rings. The summed E-state index contributed by atoms with van der Waals surface area (Å²) in [5, 5.41) is 6.91. The average molecular weight is 570 g/mol. The molecule has 4 atom stereocenters. The number of nitrogens with zero attached hydrogens (tertiary/aromatic N) is 3. The normalized spacial score (nSPS) is 29.1. The van der Waals surface area contributed by atoms with Crippen LogP contribution in [-0.2, 0) is 16.1 Å². The summed E-state index contributed by atoms with van der Waals surface area (Å²) < 4.78 is 0.101. The van der Waals surface area contributed by atoms with E-state index >= 15 is 0 Å². The number of nitrogens with two attached hydrogens (primary N) is 2. The van der Waals surface area contributed by atoms with Gasteiger partial charge >= 0.3 is 5.91 Å². The van der Waals surface area contributed by atoms with Crippen molar-refractivity contribution in [2.24, 2.45) is 22.6 Å². The SMILES string of the molecule is Cc1nc(N)ccc1C[N+]1(C(=O)[C@@H](CC2CCCCC2)NCC2=NCCN2)CCC[C@@H]2C[C@@]21C(N)=O.Cl.Cl. The molecule has 1 aromatic rings. The van der Waals surface area contributed by atoms with Crippen LogP contribution in [0.1, 0.15) is 69.0 Å². The van der Waals surface area contributed by atoms with Crippen molar-refractivity contribution < 1.29 is 14.1 Å². The lowest BCUT2D eigenvalue weighted by Gasteiger charge is -2.46. The average Bonchev–Trinajstić information content (AvgIpc) is 3.42. The lowest BCUT2D eigenvalue weighted by Crippen LogP contribution is -2.71. The van der Waals surface area contributed by atoms with E-state index < -0.39 is 5.54 Å². The molecule has 1 aromatic heterocycles. The van der Waals surface area contributed by atoms with Crippen LogP contribution < -0.4 is 22.1 Å². The Hall–Kier alpha value is -1.94. The number of halogens is 2. The quantitative estimate of drug-likeness (QED) is 0.338. The monoisotopic (exact) mass is 568 g/mol. The third kappa shape index (κ3) is 5.67. The molecule has 1 saturated heterocycles. The number of pyridine rings is 1. The third-order valence-corrected chi connectivity index (χ3v) is 9.29. The maximum absolute atomic E-state index is 14.8. The van der Waals surface area contributed by atoms with Gasteiger partial charge in [0.25, 0.3) is 5.91 Å². The molecule has 6 N–H and O–H groups in total. The van der Waals surface area contributed by atoms with Crippen molar-refractivity contribution in [3.05, 3.63) is 23.4 Å². The second-order valence-electron chi connectivity index (χ2n) is 11.4. The number of piperidine rings is 1. The summed E-state index contributed by atoms with van der Waals surface area (Å²) in [5.41, 5.74) is 13.0. The summed E-state index contributed by atoms with van der Waals surface area (Å²) in [6.45, 7) is 5.14. The molecule has 0 radical (unpaired) electrons. The Labute approximate surface area is 238 Å². The first kappa shape index (κ1) is 30.6. The number of carbonyl (C=O) groups excluding carboxylic acids is 2. The van der Waals surface area contributed by atoms with Crippen molar-refractivity contribution >= 4 is 48.3 Å². The number of amidine groups is 1. The first-order valence-corrected chi connectivity index (χ1v) is 13.8. The molecule has 11 heteroatoms. The van der Waals surface area contributed by atoms with Crippen LogP contribution in [0.25, 0.3) is 0 Å².